The first-order valence-electron chi connectivity index (χ1n) is 4.76. The highest BCUT2D eigenvalue weighted by Crippen LogP contribution is 2.17. The second-order valence-corrected chi connectivity index (χ2v) is 4.25. The Kier molecular flexibility index (Phi) is 4.50. The van der Waals surface area contributed by atoms with E-state index in [1.165, 1.54) is 6.92 Å². The average Bonchev–Trinajstić information content (AvgIpc) is 2.24. The van der Waals surface area contributed by atoms with Crippen molar-refractivity contribution in [2.45, 2.75) is 19.0 Å². The van der Waals surface area contributed by atoms with Gasteiger partial charge in [-0.1, -0.05) is 6.07 Å². The molecule has 0 fully saturated rings. The predicted octanol–water partition coefficient (Wildman–Crippen LogP) is 2.63. The predicted molar refractivity (Wildman–Crippen MR) is 59.4 cm³/mol. The number of aromatic nitrogens is 1. The first kappa shape index (κ1) is 14.0. The molecule has 1 atom stereocenters. The molecule has 1 rings (SSSR count). The molecule has 94 valence electrons. The standard InChI is InChI=1S/C10H10BrF3N2O/c1-6(7-3-2-4-8(11)16-7)9(17)15-5-10(12,13)14/h2-4,6H,5H2,1H3,(H,15,17). The monoisotopic (exact) mass is 310 g/mol. The highest BCUT2D eigenvalue weighted by atomic mass is 79.9. The van der Waals surface area contributed by atoms with Crippen LogP contribution in [0.2, 0.25) is 0 Å². The Morgan fingerprint density at radius 2 is 2.18 bits per heavy atom. The van der Waals surface area contributed by atoms with E-state index in [0.29, 0.717) is 10.3 Å². The van der Waals surface area contributed by atoms with Crippen molar-refractivity contribution in [1.29, 1.82) is 0 Å². The number of hydrogen-bond donors (Lipinski definition) is 1. The summed E-state index contributed by atoms with van der Waals surface area (Å²) >= 11 is 3.13. The lowest BCUT2D eigenvalue weighted by Gasteiger charge is -2.13. The topological polar surface area (TPSA) is 42.0 Å². The van der Waals surface area contributed by atoms with Crippen LogP contribution >= 0.6 is 15.9 Å². The van der Waals surface area contributed by atoms with E-state index in [1.54, 1.807) is 18.2 Å². The van der Waals surface area contributed by atoms with Crippen LogP contribution in [0.25, 0.3) is 0 Å². The van der Waals surface area contributed by atoms with Crippen LogP contribution in [0.5, 0.6) is 0 Å². The van der Waals surface area contributed by atoms with Crippen molar-refractivity contribution in [2.24, 2.45) is 0 Å². The minimum Gasteiger partial charge on any atom is -0.346 e. The second kappa shape index (κ2) is 5.48. The van der Waals surface area contributed by atoms with E-state index in [2.05, 4.69) is 20.9 Å². The van der Waals surface area contributed by atoms with Crippen molar-refractivity contribution in [1.82, 2.24) is 10.3 Å². The molecule has 1 heterocycles. The minimum atomic E-state index is -4.40. The summed E-state index contributed by atoms with van der Waals surface area (Å²) in [5.41, 5.74) is 0.416. The molecule has 0 radical (unpaired) electrons. The van der Waals surface area contributed by atoms with E-state index in [-0.39, 0.29) is 0 Å². The van der Waals surface area contributed by atoms with Crippen LogP contribution in [0.4, 0.5) is 13.2 Å². The van der Waals surface area contributed by atoms with E-state index in [9.17, 15) is 18.0 Å². The van der Waals surface area contributed by atoms with E-state index in [0.717, 1.165) is 0 Å². The SMILES string of the molecule is CC(C(=O)NCC(F)(F)F)c1cccc(Br)n1. The average molecular weight is 311 g/mol. The van der Waals surface area contributed by atoms with Gasteiger partial charge in [-0.15, -0.1) is 0 Å². The van der Waals surface area contributed by atoms with Crippen molar-refractivity contribution < 1.29 is 18.0 Å². The van der Waals surface area contributed by atoms with Crippen LogP contribution in [-0.4, -0.2) is 23.6 Å². The number of rotatable bonds is 3. The third-order valence-corrected chi connectivity index (χ3v) is 2.48. The number of amides is 1. The van der Waals surface area contributed by atoms with Gasteiger partial charge in [-0.3, -0.25) is 4.79 Å². The van der Waals surface area contributed by atoms with Crippen LogP contribution in [0.3, 0.4) is 0 Å². The second-order valence-electron chi connectivity index (χ2n) is 3.44. The lowest BCUT2D eigenvalue weighted by atomic mass is 10.1. The maximum absolute atomic E-state index is 11.9. The van der Waals surface area contributed by atoms with E-state index < -0.39 is 24.5 Å². The molecule has 1 unspecified atom stereocenters. The minimum absolute atomic E-state index is 0.416. The lowest BCUT2D eigenvalue weighted by Crippen LogP contribution is -2.36. The molecule has 0 bridgehead atoms. The molecular weight excluding hydrogens is 301 g/mol. The number of hydrogen-bond acceptors (Lipinski definition) is 2. The molecule has 0 aliphatic rings. The summed E-state index contributed by atoms with van der Waals surface area (Å²) in [6, 6.07) is 4.92. The number of carbonyl (C=O) groups excluding carboxylic acids is 1. The van der Waals surface area contributed by atoms with Gasteiger partial charge in [0.2, 0.25) is 5.91 Å². The molecule has 0 aliphatic carbocycles. The molecule has 0 saturated heterocycles. The molecule has 0 aliphatic heterocycles. The van der Waals surface area contributed by atoms with Gasteiger partial charge < -0.3 is 5.32 Å². The van der Waals surface area contributed by atoms with Crippen molar-refractivity contribution in [3.05, 3.63) is 28.5 Å². The van der Waals surface area contributed by atoms with Gasteiger partial charge in [0.05, 0.1) is 11.6 Å². The number of nitrogens with zero attached hydrogens (tertiary/aromatic N) is 1. The highest BCUT2D eigenvalue weighted by molar-refractivity contribution is 9.10. The Morgan fingerprint density at radius 1 is 1.53 bits per heavy atom. The molecule has 0 aromatic carbocycles. The van der Waals surface area contributed by atoms with Crippen molar-refractivity contribution in [3.8, 4) is 0 Å². The van der Waals surface area contributed by atoms with Crippen LogP contribution < -0.4 is 5.32 Å². The van der Waals surface area contributed by atoms with Gasteiger partial charge in [0.1, 0.15) is 11.1 Å². The van der Waals surface area contributed by atoms with Crippen molar-refractivity contribution in [2.75, 3.05) is 6.54 Å². The summed E-state index contributed by atoms with van der Waals surface area (Å²) in [6.45, 7) is 0.171. The Morgan fingerprint density at radius 3 is 2.71 bits per heavy atom. The first-order chi connectivity index (χ1) is 7.79. The smallest absolute Gasteiger partial charge is 0.346 e. The molecule has 7 heteroatoms. The summed E-state index contributed by atoms with van der Waals surface area (Å²) in [5.74, 6) is -1.43. The third-order valence-electron chi connectivity index (χ3n) is 2.04. The van der Waals surface area contributed by atoms with Crippen LogP contribution in [0.1, 0.15) is 18.5 Å². The van der Waals surface area contributed by atoms with Gasteiger partial charge in [-0.25, -0.2) is 4.98 Å². The van der Waals surface area contributed by atoms with Gasteiger partial charge in [-0.05, 0) is 35.0 Å². The zero-order valence-corrected chi connectivity index (χ0v) is 10.5. The van der Waals surface area contributed by atoms with Crippen molar-refractivity contribution >= 4 is 21.8 Å². The number of carbonyl (C=O) groups is 1. The summed E-state index contributed by atoms with van der Waals surface area (Å²) in [5, 5.41) is 1.82. The zero-order chi connectivity index (χ0) is 13.1. The summed E-state index contributed by atoms with van der Waals surface area (Å²) < 4.78 is 36.3. The highest BCUT2D eigenvalue weighted by Gasteiger charge is 2.29. The fourth-order valence-corrected chi connectivity index (χ4v) is 1.50. The van der Waals surface area contributed by atoms with Crippen LogP contribution in [0.15, 0.2) is 22.8 Å². The Hall–Kier alpha value is -1.11. The molecule has 0 spiro atoms. The van der Waals surface area contributed by atoms with Gasteiger partial charge in [0.15, 0.2) is 0 Å². The largest absolute Gasteiger partial charge is 0.405 e. The molecule has 1 aromatic heterocycles. The molecular formula is C10H10BrF3N2O. The Labute approximate surface area is 105 Å². The van der Waals surface area contributed by atoms with Gasteiger partial charge in [0, 0.05) is 0 Å². The number of nitrogens with one attached hydrogen (secondary N) is 1. The first-order valence-corrected chi connectivity index (χ1v) is 5.56. The summed E-state index contributed by atoms with van der Waals surface area (Å²) in [7, 11) is 0. The van der Waals surface area contributed by atoms with E-state index >= 15 is 0 Å². The molecule has 1 N–H and O–H groups in total. The van der Waals surface area contributed by atoms with Crippen molar-refractivity contribution in [3.63, 3.8) is 0 Å². The summed E-state index contributed by atoms with van der Waals surface area (Å²) in [4.78, 5) is 15.4. The fourth-order valence-electron chi connectivity index (χ4n) is 1.14. The number of pyridine rings is 1. The Balaban J connectivity index is 2.64. The maximum atomic E-state index is 11.9. The van der Waals surface area contributed by atoms with E-state index in [4.69, 9.17) is 0 Å². The normalized spacial score (nSPS) is 13.2. The molecule has 0 saturated carbocycles. The summed E-state index contributed by atoms with van der Waals surface area (Å²) in [6.07, 6.45) is -4.40. The Bertz CT molecular complexity index is 409. The van der Waals surface area contributed by atoms with Gasteiger partial charge in [0.25, 0.3) is 0 Å². The lowest BCUT2D eigenvalue weighted by molar-refractivity contribution is -0.139. The van der Waals surface area contributed by atoms with Gasteiger partial charge in [-0.2, -0.15) is 13.2 Å². The van der Waals surface area contributed by atoms with Crippen LogP contribution in [0, 0.1) is 0 Å². The van der Waals surface area contributed by atoms with E-state index in [1.807, 2.05) is 5.32 Å². The molecule has 17 heavy (non-hydrogen) atoms. The third kappa shape index (κ3) is 4.72. The number of alkyl halides is 3. The van der Waals surface area contributed by atoms with Crippen LogP contribution in [-0.2, 0) is 4.79 Å². The quantitative estimate of drug-likeness (QED) is 0.872. The molecule has 1 amide bonds. The zero-order valence-electron chi connectivity index (χ0n) is 8.88. The molecule has 3 nitrogen and oxygen atoms in total. The molecule has 1 aromatic rings. The van der Waals surface area contributed by atoms with Gasteiger partial charge >= 0.3 is 6.18 Å². The fraction of sp³-hybridized carbons (Fsp3) is 0.400. The number of halogens is 4. The maximum Gasteiger partial charge on any atom is 0.405 e.